The van der Waals surface area contributed by atoms with E-state index in [0.29, 0.717) is 23.2 Å². The highest BCUT2D eigenvalue weighted by atomic mass is 35.5. The zero-order valence-electron chi connectivity index (χ0n) is 13.9. The van der Waals surface area contributed by atoms with Crippen molar-refractivity contribution >= 4 is 28.5 Å². The second kappa shape index (κ2) is 6.97. The van der Waals surface area contributed by atoms with Crippen LogP contribution < -0.4 is 10.1 Å². The number of aromatic nitrogens is 5. The lowest BCUT2D eigenvalue weighted by Crippen LogP contribution is -2.06. The van der Waals surface area contributed by atoms with Crippen LogP contribution in [0.15, 0.2) is 48.7 Å². The molecule has 0 saturated heterocycles. The standard InChI is InChI=1S/C18H15ClN6O/c1-26-11-6-7-13-15(8-11)23-24-17(13)9-20-18-22-16(10-21-25-18)12-4-2-3-5-14(12)19/h2-8,10H,9H2,1H3,(H,23,24)(H,20,22,25). The maximum atomic E-state index is 6.23. The van der Waals surface area contributed by atoms with E-state index < -0.39 is 0 Å². The highest BCUT2D eigenvalue weighted by molar-refractivity contribution is 6.33. The summed E-state index contributed by atoms with van der Waals surface area (Å²) in [6.45, 7) is 0.483. The number of H-pyrrole nitrogens is 1. The summed E-state index contributed by atoms with van der Waals surface area (Å²) >= 11 is 6.23. The summed E-state index contributed by atoms with van der Waals surface area (Å²) in [4.78, 5) is 4.49. The van der Waals surface area contributed by atoms with E-state index in [1.165, 1.54) is 0 Å². The fourth-order valence-corrected chi connectivity index (χ4v) is 2.89. The van der Waals surface area contributed by atoms with Crippen molar-refractivity contribution < 1.29 is 4.74 Å². The number of rotatable bonds is 5. The molecule has 0 unspecified atom stereocenters. The number of halogens is 1. The number of hydrogen-bond acceptors (Lipinski definition) is 6. The lowest BCUT2D eigenvalue weighted by molar-refractivity contribution is 0.415. The molecule has 8 heteroatoms. The van der Waals surface area contributed by atoms with Crippen molar-refractivity contribution in [3.8, 4) is 17.0 Å². The lowest BCUT2D eigenvalue weighted by atomic mass is 10.2. The third-order valence-corrected chi connectivity index (χ3v) is 4.30. The smallest absolute Gasteiger partial charge is 0.243 e. The van der Waals surface area contributed by atoms with Crippen molar-refractivity contribution in [3.63, 3.8) is 0 Å². The summed E-state index contributed by atoms with van der Waals surface area (Å²) in [6.07, 6.45) is 1.59. The van der Waals surface area contributed by atoms with Crippen LogP contribution in [0, 0.1) is 0 Å². The Morgan fingerprint density at radius 3 is 2.92 bits per heavy atom. The van der Waals surface area contributed by atoms with Crippen molar-refractivity contribution in [1.82, 2.24) is 25.4 Å². The minimum atomic E-state index is 0.415. The van der Waals surface area contributed by atoms with Crippen LogP contribution >= 0.6 is 11.6 Å². The Kier molecular flexibility index (Phi) is 4.37. The molecule has 0 aliphatic rings. The molecular weight excluding hydrogens is 352 g/mol. The van der Waals surface area contributed by atoms with Crippen molar-refractivity contribution in [2.24, 2.45) is 0 Å². The van der Waals surface area contributed by atoms with Gasteiger partial charge in [0.1, 0.15) is 5.75 Å². The molecule has 0 amide bonds. The van der Waals surface area contributed by atoms with Gasteiger partial charge in [-0.25, -0.2) is 4.98 Å². The largest absolute Gasteiger partial charge is 0.497 e. The maximum Gasteiger partial charge on any atom is 0.243 e. The zero-order valence-corrected chi connectivity index (χ0v) is 14.7. The number of fused-ring (bicyclic) bond motifs is 1. The molecule has 0 spiro atoms. The number of methoxy groups -OCH3 is 1. The molecular formula is C18H15ClN6O. The molecule has 0 bridgehead atoms. The highest BCUT2D eigenvalue weighted by Gasteiger charge is 2.09. The molecule has 2 heterocycles. The molecule has 0 aliphatic heterocycles. The monoisotopic (exact) mass is 366 g/mol. The minimum absolute atomic E-state index is 0.415. The van der Waals surface area contributed by atoms with Crippen LogP contribution in [0.1, 0.15) is 5.69 Å². The Hall–Kier alpha value is -3.19. The third-order valence-electron chi connectivity index (χ3n) is 3.97. The van der Waals surface area contributed by atoms with Gasteiger partial charge in [0.25, 0.3) is 0 Å². The van der Waals surface area contributed by atoms with Gasteiger partial charge in [-0.15, -0.1) is 5.10 Å². The first-order chi connectivity index (χ1) is 12.7. The van der Waals surface area contributed by atoms with Gasteiger partial charge in [0.2, 0.25) is 5.95 Å². The van der Waals surface area contributed by atoms with E-state index in [4.69, 9.17) is 16.3 Å². The number of nitrogens with zero attached hydrogens (tertiary/aromatic N) is 4. The summed E-state index contributed by atoms with van der Waals surface area (Å²) in [6, 6.07) is 13.2. The average molecular weight is 367 g/mol. The van der Waals surface area contributed by atoms with E-state index in [9.17, 15) is 0 Å². The van der Waals surface area contributed by atoms with E-state index in [1.54, 1.807) is 13.3 Å². The fourth-order valence-electron chi connectivity index (χ4n) is 2.65. The number of ether oxygens (including phenoxy) is 1. The van der Waals surface area contributed by atoms with E-state index in [1.807, 2.05) is 42.5 Å². The van der Waals surface area contributed by atoms with E-state index in [-0.39, 0.29) is 0 Å². The quantitative estimate of drug-likeness (QED) is 0.560. The van der Waals surface area contributed by atoms with Crippen molar-refractivity contribution in [1.29, 1.82) is 0 Å². The van der Waals surface area contributed by atoms with Gasteiger partial charge in [-0.05, 0) is 18.2 Å². The predicted molar refractivity (Wildman–Crippen MR) is 100 cm³/mol. The molecule has 0 radical (unpaired) electrons. The summed E-state index contributed by atoms with van der Waals surface area (Å²) in [7, 11) is 1.63. The van der Waals surface area contributed by atoms with Gasteiger partial charge in [0.05, 0.1) is 41.8 Å². The second-order valence-electron chi connectivity index (χ2n) is 5.58. The minimum Gasteiger partial charge on any atom is -0.497 e. The summed E-state index contributed by atoms with van der Waals surface area (Å²) in [5.41, 5.74) is 3.23. The van der Waals surface area contributed by atoms with Gasteiger partial charge in [-0.3, -0.25) is 5.10 Å². The van der Waals surface area contributed by atoms with Gasteiger partial charge >= 0.3 is 0 Å². The lowest BCUT2D eigenvalue weighted by Gasteiger charge is -2.06. The second-order valence-corrected chi connectivity index (χ2v) is 5.99. The number of hydrogen-bond donors (Lipinski definition) is 2. The fraction of sp³-hybridized carbons (Fsp3) is 0.111. The van der Waals surface area contributed by atoms with Crippen molar-refractivity contribution in [3.05, 3.63) is 59.4 Å². The molecule has 0 fully saturated rings. The molecule has 7 nitrogen and oxygen atoms in total. The van der Waals surface area contributed by atoms with Crippen molar-refractivity contribution in [2.75, 3.05) is 12.4 Å². The Bertz CT molecular complexity index is 1060. The predicted octanol–water partition coefficient (Wildman–Crippen LogP) is 3.69. The van der Waals surface area contributed by atoms with Crippen LogP contribution in [-0.4, -0.2) is 32.5 Å². The summed E-state index contributed by atoms with van der Waals surface area (Å²) in [5, 5.41) is 20.2. The Morgan fingerprint density at radius 1 is 1.19 bits per heavy atom. The molecule has 2 aromatic heterocycles. The summed E-state index contributed by atoms with van der Waals surface area (Å²) < 4.78 is 5.22. The Labute approximate surface area is 154 Å². The van der Waals surface area contributed by atoms with Crippen LogP contribution in [0.25, 0.3) is 22.2 Å². The van der Waals surface area contributed by atoms with Crippen LogP contribution in [0.3, 0.4) is 0 Å². The highest BCUT2D eigenvalue weighted by Crippen LogP contribution is 2.26. The molecule has 0 aliphatic carbocycles. The molecule has 26 heavy (non-hydrogen) atoms. The van der Waals surface area contributed by atoms with E-state index >= 15 is 0 Å². The first-order valence-corrected chi connectivity index (χ1v) is 8.32. The van der Waals surface area contributed by atoms with E-state index in [0.717, 1.165) is 27.9 Å². The van der Waals surface area contributed by atoms with E-state index in [2.05, 4.69) is 30.7 Å². The first-order valence-electron chi connectivity index (χ1n) is 7.94. The van der Waals surface area contributed by atoms with Gasteiger partial charge < -0.3 is 10.1 Å². The van der Waals surface area contributed by atoms with Crippen LogP contribution in [0.5, 0.6) is 5.75 Å². The molecule has 4 aromatic rings. The Morgan fingerprint density at radius 2 is 2.08 bits per heavy atom. The number of benzene rings is 2. The molecule has 0 saturated carbocycles. The van der Waals surface area contributed by atoms with Crippen LogP contribution in [0.4, 0.5) is 5.95 Å². The summed E-state index contributed by atoms with van der Waals surface area (Å²) in [5.74, 6) is 1.18. The topological polar surface area (TPSA) is 88.6 Å². The number of nitrogens with one attached hydrogen (secondary N) is 2. The molecule has 0 atom stereocenters. The average Bonchev–Trinajstić information content (AvgIpc) is 3.09. The molecule has 2 N–H and O–H groups in total. The van der Waals surface area contributed by atoms with Crippen molar-refractivity contribution in [2.45, 2.75) is 6.54 Å². The van der Waals surface area contributed by atoms with Crippen LogP contribution in [-0.2, 0) is 6.54 Å². The van der Waals surface area contributed by atoms with Crippen LogP contribution in [0.2, 0.25) is 5.02 Å². The molecule has 2 aromatic carbocycles. The zero-order chi connectivity index (χ0) is 17.9. The maximum absolute atomic E-state index is 6.23. The van der Waals surface area contributed by atoms with Gasteiger partial charge in [0, 0.05) is 17.0 Å². The van der Waals surface area contributed by atoms with Gasteiger partial charge in [-0.2, -0.15) is 10.2 Å². The van der Waals surface area contributed by atoms with Gasteiger partial charge in [0.15, 0.2) is 0 Å². The first kappa shape index (κ1) is 16.3. The number of aromatic amines is 1. The Balaban J connectivity index is 1.55. The normalized spacial score (nSPS) is 10.8. The van der Waals surface area contributed by atoms with Gasteiger partial charge in [-0.1, -0.05) is 29.8 Å². The number of anilines is 1. The molecule has 4 rings (SSSR count). The molecule has 130 valence electrons. The third kappa shape index (κ3) is 3.16. The SMILES string of the molecule is COc1ccc2c(CNc3nncc(-c4ccccc4Cl)n3)[nH]nc2c1.